The molecule has 2 aromatic carbocycles. The topological polar surface area (TPSA) is 57.2 Å². The third-order valence-corrected chi connectivity index (χ3v) is 5.12. The van der Waals surface area contributed by atoms with E-state index in [9.17, 15) is 5.11 Å². The molecule has 3 heterocycles. The lowest BCUT2D eigenvalue weighted by Crippen LogP contribution is -2.28. The minimum Gasteiger partial charge on any atom is -0.508 e. The number of rotatable bonds is 1. The van der Waals surface area contributed by atoms with E-state index in [-0.39, 0.29) is 24.1 Å². The van der Waals surface area contributed by atoms with Crippen molar-refractivity contribution >= 4 is 6.08 Å². The maximum absolute atomic E-state index is 10.4. The van der Waals surface area contributed by atoms with Gasteiger partial charge in [-0.3, -0.25) is 0 Å². The molecule has 0 saturated heterocycles. The number of ether oxygens (including phenoxy) is 4. The van der Waals surface area contributed by atoms with E-state index in [1.165, 1.54) is 0 Å². The fourth-order valence-corrected chi connectivity index (χ4v) is 3.79. The molecular weight excluding hydrogens is 332 g/mol. The van der Waals surface area contributed by atoms with Gasteiger partial charge in [-0.2, -0.15) is 0 Å². The van der Waals surface area contributed by atoms with E-state index < -0.39 is 0 Å². The second kappa shape index (κ2) is 5.34. The molecule has 0 unspecified atom stereocenters. The van der Waals surface area contributed by atoms with Gasteiger partial charge in [-0.1, -0.05) is 6.07 Å². The Labute approximate surface area is 151 Å². The highest BCUT2D eigenvalue weighted by atomic mass is 16.7. The Morgan fingerprint density at radius 1 is 1.04 bits per heavy atom. The first-order valence-electron chi connectivity index (χ1n) is 8.80. The van der Waals surface area contributed by atoms with E-state index in [1.807, 2.05) is 26.0 Å². The Balaban J connectivity index is 1.49. The van der Waals surface area contributed by atoms with Crippen LogP contribution in [0.1, 0.15) is 36.5 Å². The van der Waals surface area contributed by atoms with Crippen LogP contribution in [-0.2, 0) is 6.42 Å². The van der Waals surface area contributed by atoms with Crippen LogP contribution in [0.15, 0.2) is 30.3 Å². The first kappa shape index (κ1) is 15.4. The molecule has 0 amide bonds. The van der Waals surface area contributed by atoms with Gasteiger partial charge in [-0.15, -0.1) is 0 Å². The van der Waals surface area contributed by atoms with Crippen LogP contribution in [0.5, 0.6) is 28.7 Å². The van der Waals surface area contributed by atoms with Crippen LogP contribution >= 0.6 is 0 Å². The van der Waals surface area contributed by atoms with Gasteiger partial charge >= 0.3 is 0 Å². The van der Waals surface area contributed by atoms with Crippen molar-refractivity contribution in [2.24, 2.45) is 0 Å². The highest BCUT2D eigenvalue weighted by Crippen LogP contribution is 2.46. The van der Waals surface area contributed by atoms with Crippen LogP contribution in [0.4, 0.5) is 0 Å². The van der Waals surface area contributed by atoms with Gasteiger partial charge in [0.05, 0.1) is 12.2 Å². The zero-order valence-electron chi connectivity index (χ0n) is 14.7. The van der Waals surface area contributed by atoms with Crippen molar-refractivity contribution in [1.82, 2.24) is 0 Å². The van der Waals surface area contributed by atoms with Crippen LogP contribution < -0.4 is 18.9 Å². The summed E-state index contributed by atoms with van der Waals surface area (Å²) in [5, 5.41) is 10.4. The molecule has 0 saturated carbocycles. The van der Waals surface area contributed by atoms with Crippen molar-refractivity contribution in [3.05, 3.63) is 47.0 Å². The van der Waals surface area contributed by atoms with Crippen LogP contribution in [0.3, 0.4) is 0 Å². The van der Waals surface area contributed by atoms with Gasteiger partial charge in [0.15, 0.2) is 11.5 Å². The highest BCUT2D eigenvalue weighted by molar-refractivity contribution is 5.69. The predicted octanol–water partition coefficient (Wildman–Crippen LogP) is 4.02. The Hall–Kier alpha value is -2.82. The van der Waals surface area contributed by atoms with Crippen molar-refractivity contribution < 1.29 is 24.1 Å². The van der Waals surface area contributed by atoms with Gasteiger partial charge in [0.25, 0.3) is 0 Å². The largest absolute Gasteiger partial charge is 0.508 e. The summed E-state index contributed by atoms with van der Waals surface area (Å²) in [6.07, 6.45) is 4.91. The summed E-state index contributed by atoms with van der Waals surface area (Å²) in [6, 6.07) is 7.55. The van der Waals surface area contributed by atoms with E-state index >= 15 is 0 Å². The lowest BCUT2D eigenvalue weighted by molar-refractivity contribution is 0.157. The van der Waals surface area contributed by atoms with Gasteiger partial charge in [0.2, 0.25) is 6.79 Å². The molecule has 5 rings (SSSR count). The summed E-state index contributed by atoms with van der Waals surface area (Å²) in [4.78, 5) is 0. The number of aromatic hydroxyl groups is 1. The molecule has 5 nitrogen and oxygen atoms in total. The molecule has 26 heavy (non-hydrogen) atoms. The van der Waals surface area contributed by atoms with E-state index in [2.05, 4.69) is 18.2 Å². The van der Waals surface area contributed by atoms with Crippen molar-refractivity contribution in [2.75, 3.05) is 13.4 Å². The number of phenolic OH excluding ortho intramolecular Hbond substituents is 1. The molecule has 1 atom stereocenters. The summed E-state index contributed by atoms with van der Waals surface area (Å²) in [7, 11) is 0. The SMILES string of the molecule is CC1(C)C=Cc2c(ccc3c2OC[C@H](c2cc4c(cc2O)OCO4)C3)O1. The summed E-state index contributed by atoms with van der Waals surface area (Å²) in [5.74, 6) is 3.26. The molecule has 134 valence electrons. The van der Waals surface area contributed by atoms with E-state index in [0.717, 1.165) is 34.6 Å². The number of fused-ring (bicyclic) bond motifs is 4. The quantitative estimate of drug-likeness (QED) is 0.840. The van der Waals surface area contributed by atoms with Crippen molar-refractivity contribution in [1.29, 1.82) is 0 Å². The molecule has 5 heteroatoms. The molecule has 3 aliphatic heterocycles. The highest BCUT2D eigenvalue weighted by Gasteiger charge is 2.31. The van der Waals surface area contributed by atoms with Crippen molar-refractivity contribution in [3.8, 4) is 28.7 Å². The van der Waals surface area contributed by atoms with Gasteiger partial charge in [-0.05, 0) is 50.1 Å². The van der Waals surface area contributed by atoms with Gasteiger partial charge in [0, 0.05) is 17.5 Å². The Morgan fingerprint density at radius 2 is 1.85 bits per heavy atom. The first-order chi connectivity index (χ1) is 12.5. The summed E-state index contributed by atoms with van der Waals surface area (Å²) in [6.45, 7) is 4.75. The molecule has 0 aliphatic carbocycles. The predicted molar refractivity (Wildman–Crippen MR) is 96.4 cm³/mol. The standard InChI is InChI=1S/C21H20O5/c1-21(2)6-5-14-17(26-21)4-3-12-7-13(10-23-20(12)14)15-8-18-19(9-16(15)22)25-11-24-18/h3-6,8-9,13,22H,7,10-11H2,1-2H3/t13-/m1/s1. The van der Waals surface area contributed by atoms with E-state index in [4.69, 9.17) is 18.9 Å². The molecule has 1 N–H and O–H groups in total. The van der Waals surface area contributed by atoms with Crippen molar-refractivity contribution in [2.45, 2.75) is 31.8 Å². The molecule has 0 bridgehead atoms. The van der Waals surface area contributed by atoms with Crippen LogP contribution in [0.2, 0.25) is 0 Å². The lowest BCUT2D eigenvalue weighted by Gasteiger charge is -2.32. The van der Waals surface area contributed by atoms with Crippen LogP contribution in [0, 0.1) is 0 Å². The smallest absolute Gasteiger partial charge is 0.231 e. The minimum atomic E-state index is -0.309. The fraction of sp³-hybridized carbons (Fsp3) is 0.333. The van der Waals surface area contributed by atoms with E-state index in [1.54, 1.807) is 6.07 Å². The van der Waals surface area contributed by atoms with Crippen LogP contribution in [-0.4, -0.2) is 24.1 Å². The lowest BCUT2D eigenvalue weighted by atomic mass is 9.87. The fourth-order valence-electron chi connectivity index (χ4n) is 3.79. The molecular formula is C21H20O5. The molecule has 0 radical (unpaired) electrons. The number of benzene rings is 2. The van der Waals surface area contributed by atoms with Gasteiger partial charge < -0.3 is 24.1 Å². The molecule has 0 aromatic heterocycles. The second-order valence-corrected chi connectivity index (χ2v) is 7.48. The monoisotopic (exact) mass is 352 g/mol. The van der Waals surface area contributed by atoms with Crippen LogP contribution in [0.25, 0.3) is 6.08 Å². The average molecular weight is 352 g/mol. The number of hydrogen-bond donors (Lipinski definition) is 1. The number of phenols is 1. The minimum absolute atomic E-state index is 0.0555. The first-order valence-corrected chi connectivity index (χ1v) is 8.80. The summed E-state index contributed by atoms with van der Waals surface area (Å²) in [5.41, 5.74) is 2.63. The third-order valence-electron chi connectivity index (χ3n) is 5.12. The van der Waals surface area contributed by atoms with Gasteiger partial charge in [0.1, 0.15) is 22.8 Å². The average Bonchev–Trinajstić information content (AvgIpc) is 3.06. The molecule has 0 fully saturated rings. The molecule has 3 aliphatic rings. The Kier molecular flexibility index (Phi) is 3.17. The van der Waals surface area contributed by atoms with E-state index in [0.29, 0.717) is 18.1 Å². The Morgan fingerprint density at radius 3 is 2.69 bits per heavy atom. The molecule has 0 spiro atoms. The molecule has 2 aromatic rings. The number of hydrogen-bond acceptors (Lipinski definition) is 5. The second-order valence-electron chi connectivity index (χ2n) is 7.48. The normalized spacial score (nSPS) is 21.4. The third kappa shape index (κ3) is 2.38. The Bertz CT molecular complexity index is 928. The zero-order chi connectivity index (χ0) is 17.9. The summed E-state index contributed by atoms with van der Waals surface area (Å²) < 4.78 is 22.9. The van der Waals surface area contributed by atoms with Crippen molar-refractivity contribution in [3.63, 3.8) is 0 Å². The summed E-state index contributed by atoms with van der Waals surface area (Å²) >= 11 is 0. The zero-order valence-corrected chi connectivity index (χ0v) is 14.7. The maximum atomic E-state index is 10.4. The maximum Gasteiger partial charge on any atom is 0.231 e. The van der Waals surface area contributed by atoms with Gasteiger partial charge in [-0.25, -0.2) is 0 Å².